The minimum Gasteiger partial charge on any atom is -0.369 e. The topological polar surface area (TPSA) is 115 Å². The molecule has 0 saturated heterocycles. The standard InChI is InChI=1S/C11H17N7O/c1-3-8-15-10(7(2)11(16-8)17-12)13-5-4-9-14-6-19-18-9/h6H,3-5,12H2,1-2H3,(H2,13,15,16,17). The lowest BCUT2D eigenvalue weighted by atomic mass is 10.3. The van der Waals surface area contributed by atoms with E-state index in [0.717, 1.165) is 23.6 Å². The number of nitrogens with two attached hydrogens (primary N) is 1. The third kappa shape index (κ3) is 3.16. The van der Waals surface area contributed by atoms with Crippen LogP contribution < -0.4 is 16.6 Å². The average molecular weight is 263 g/mol. The maximum Gasteiger partial charge on any atom is 0.213 e. The second-order valence-electron chi connectivity index (χ2n) is 3.98. The van der Waals surface area contributed by atoms with Gasteiger partial charge in [0.25, 0.3) is 0 Å². The van der Waals surface area contributed by atoms with Crippen LogP contribution in [0, 0.1) is 6.92 Å². The van der Waals surface area contributed by atoms with Crippen LogP contribution in [0.1, 0.15) is 24.1 Å². The number of rotatable bonds is 6. The Labute approximate surface area is 110 Å². The van der Waals surface area contributed by atoms with Crippen molar-refractivity contribution in [2.45, 2.75) is 26.7 Å². The van der Waals surface area contributed by atoms with Gasteiger partial charge in [-0.1, -0.05) is 12.1 Å². The molecule has 4 N–H and O–H groups in total. The molecule has 0 aliphatic heterocycles. The molecule has 8 heteroatoms. The molecule has 2 aromatic heterocycles. The van der Waals surface area contributed by atoms with Gasteiger partial charge in [-0.25, -0.2) is 15.8 Å². The highest BCUT2D eigenvalue weighted by Gasteiger charge is 2.09. The molecule has 0 aliphatic carbocycles. The van der Waals surface area contributed by atoms with E-state index in [1.165, 1.54) is 6.39 Å². The number of aromatic nitrogens is 4. The third-order valence-corrected chi connectivity index (χ3v) is 2.69. The second-order valence-corrected chi connectivity index (χ2v) is 3.98. The van der Waals surface area contributed by atoms with Crippen molar-refractivity contribution < 1.29 is 4.52 Å². The number of hydrazine groups is 1. The summed E-state index contributed by atoms with van der Waals surface area (Å²) in [5.41, 5.74) is 3.47. The zero-order valence-corrected chi connectivity index (χ0v) is 11.0. The van der Waals surface area contributed by atoms with Crippen LogP contribution in [0.3, 0.4) is 0 Å². The van der Waals surface area contributed by atoms with Gasteiger partial charge in [-0.3, -0.25) is 0 Å². The summed E-state index contributed by atoms with van der Waals surface area (Å²) in [4.78, 5) is 12.7. The summed E-state index contributed by atoms with van der Waals surface area (Å²) < 4.78 is 4.67. The normalized spacial score (nSPS) is 10.5. The first-order valence-corrected chi connectivity index (χ1v) is 6.07. The lowest BCUT2D eigenvalue weighted by molar-refractivity contribution is 0.410. The summed E-state index contributed by atoms with van der Waals surface area (Å²) in [6.07, 6.45) is 2.72. The summed E-state index contributed by atoms with van der Waals surface area (Å²) in [6.45, 7) is 4.56. The summed E-state index contributed by atoms with van der Waals surface area (Å²) in [5.74, 6) is 8.24. The van der Waals surface area contributed by atoms with E-state index >= 15 is 0 Å². The van der Waals surface area contributed by atoms with E-state index in [-0.39, 0.29) is 0 Å². The summed E-state index contributed by atoms with van der Waals surface area (Å²) in [7, 11) is 0. The van der Waals surface area contributed by atoms with Crippen molar-refractivity contribution in [1.82, 2.24) is 20.1 Å². The van der Waals surface area contributed by atoms with Crippen LogP contribution in [0.2, 0.25) is 0 Å². The Morgan fingerprint density at radius 3 is 2.68 bits per heavy atom. The maximum absolute atomic E-state index is 5.45. The quantitative estimate of drug-likeness (QED) is 0.514. The summed E-state index contributed by atoms with van der Waals surface area (Å²) >= 11 is 0. The fourth-order valence-electron chi connectivity index (χ4n) is 1.63. The Bertz CT molecular complexity index is 526. The number of nitrogens with zero attached hydrogens (tertiary/aromatic N) is 4. The van der Waals surface area contributed by atoms with Crippen molar-refractivity contribution >= 4 is 11.6 Å². The average Bonchev–Trinajstić information content (AvgIpc) is 2.94. The number of hydrogen-bond acceptors (Lipinski definition) is 8. The Morgan fingerprint density at radius 2 is 2.05 bits per heavy atom. The van der Waals surface area contributed by atoms with Gasteiger partial charge in [-0.05, 0) is 6.92 Å². The van der Waals surface area contributed by atoms with Crippen molar-refractivity contribution in [3.05, 3.63) is 23.6 Å². The number of nitrogen functional groups attached to an aromatic ring is 1. The van der Waals surface area contributed by atoms with Crippen LogP contribution in [0.25, 0.3) is 0 Å². The fraction of sp³-hybridized carbons (Fsp3) is 0.455. The number of nitrogens with one attached hydrogen (secondary N) is 2. The number of hydrogen-bond donors (Lipinski definition) is 3. The fourth-order valence-corrected chi connectivity index (χ4v) is 1.63. The second kappa shape index (κ2) is 6.10. The van der Waals surface area contributed by atoms with Crippen molar-refractivity contribution in [2.75, 3.05) is 17.3 Å². The summed E-state index contributed by atoms with van der Waals surface area (Å²) in [5, 5.41) is 6.98. The van der Waals surface area contributed by atoms with Crippen molar-refractivity contribution in [2.24, 2.45) is 5.84 Å². The smallest absolute Gasteiger partial charge is 0.213 e. The molecule has 102 valence electrons. The first kappa shape index (κ1) is 13.2. The van der Waals surface area contributed by atoms with E-state index in [1.54, 1.807) is 0 Å². The van der Waals surface area contributed by atoms with Gasteiger partial charge in [0.1, 0.15) is 17.5 Å². The van der Waals surface area contributed by atoms with Crippen molar-refractivity contribution in [1.29, 1.82) is 0 Å². The molecule has 0 saturated carbocycles. The predicted molar refractivity (Wildman–Crippen MR) is 70.4 cm³/mol. The Kier molecular flexibility index (Phi) is 4.24. The SMILES string of the molecule is CCc1nc(NN)c(C)c(NCCc2ncon2)n1. The van der Waals surface area contributed by atoms with Gasteiger partial charge in [0, 0.05) is 24.9 Å². The van der Waals surface area contributed by atoms with E-state index in [2.05, 4.69) is 35.4 Å². The molecule has 0 aromatic carbocycles. The molecular formula is C11H17N7O. The highest BCUT2D eigenvalue weighted by Crippen LogP contribution is 2.19. The Morgan fingerprint density at radius 1 is 1.26 bits per heavy atom. The van der Waals surface area contributed by atoms with Gasteiger partial charge in [0.05, 0.1) is 0 Å². The highest BCUT2D eigenvalue weighted by molar-refractivity contribution is 5.56. The molecule has 2 aromatic rings. The van der Waals surface area contributed by atoms with Crippen LogP contribution in [0.15, 0.2) is 10.9 Å². The highest BCUT2D eigenvalue weighted by atomic mass is 16.5. The molecular weight excluding hydrogens is 246 g/mol. The molecule has 8 nitrogen and oxygen atoms in total. The zero-order chi connectivity index (χ0) is 13.7. The largest absolute Gasteiger partial charge is 0.369 e. The van der Waals surface area contributed by atoms with Crippen LogP contribution in [0.4, 0.5) is 11.6 Å². The molecule has 0 aliphatic rings. The minimum atomic E-state index is 0.633. The van der Waals surface area contributed by atoms with Gasteiger partial charge in [-0.2, -0.15) is 4.98 Å². The van der Waals surface area contributed by atoms with Crippen LogP contribution in [-0.2, 0) is 12.8 Å². The molecule has 0 unspecified atom stereocenters. The maximum atomic E-state index is 5.45. The molecule has 0 amide bonds. The van der Waals surface area contributed by atoms with E-state index in [9.17, 15) is 0 Å². The van der Waals surface area contributed by atoms with Gasteiger partial charge in [-0.15, -0.1) is 0 Å². The van der Waals surface area contributed by atoms with Crippen LogP contribution in [0.5, 0.6) is 0 Å². The Hall–Kier alpha value is -2.22. The molecule has 0 radical (unpaired) electrons. The minimum absolute atomic E-state index is 0.633. The van der Waals surface area contributed by atoms with E-state index < -0.39 is 0 Å². The first-order valence-electron chi connectivity index (χ1n) is 6.07. The number of anilines is 2. The molecule has 0 spiro atoms. The lowest BCUT2D eigenvalue weighted by Gasteiger charge is -2.12. The molecule has 0 bridgehead atoms. The van der Waals surface area contributed by atoms with Crippen LogP contribution in [-0.4, -0.2) is 26.7 Å². The molecule has 0 fully saturated rings. The van der Waals surface area contributed by atoms with Crippen molar-refractivity contribution in [3.63, 3.8) is 0 Å². The van der Waals surface area contributed by atoms with Gasteiger partial charge in [0.2, 0.25) is 6.39 Å². The van der Waals surface area contributed by atoms with E-state index in [4.69, 9.17) is 5.84 Å². The monoisotopic (exact) mass is 263 g/mol. The molecule has 2 rings (SSSR count). The van der Waals surface area contributed by atoms with Crippen molar-refractivity contribution in [3.8, 4) is 0 Å². The first-order chi connectivity index (χ1) is 9.24. The Balaban J connectivity index is 2.06. The van der Waals surface area contributed by atoms with Gasteiger partial charge >= 0.3 is 0 Å². The van der Waals surface area contributed by atoms with E-state index in [0.29, 0.717) is 24.6 Å². The third-order valence-electron chi connectivity index (χ3n) is 2.69. The molecule has 0 atom stereocenters. The molecule has 19 heavy (non-hydrogen) atoms. The summed E-state index contributed by atoms with van der Waals surface area (Å²) in [6, 6.07) is 0. The molecule has 2 heterocycles. The predicted octanol–water partition coefficient (Wildman–Crippen LogP) is 0.671. The lowest BCUT2D eigenvalue weighted by Crippen LogP contribution is -2.16. The van der Waals surface area contributed by atoms with Gasteiger partial charge < -0.3 is 15.3 Å². The zero-order valence-electron chi connectivity index (χ0n) is 11.0. The van der Waals surface area contributed by atoms with Gasteiger partial charge in [0.15, 0.2) is 5.82 Å². The van der Waals surface area contributed by atoms with Crippen LogP contribution >= 0.6 is 0 Å². The number of aryl methyl sites for hydroxylation is 1. The van der Waals surface area contributed by atoms with E-state index in [1.807, 2.05) is 13.8 Å².